The van der Waals surface area contributed by atoms with E-state index >= 15 is 0 Å². The van der Waals surface area contributed by atoms with Crippen molar-refractivity contribution in [3.63, 3.8) is 0 Å². The van der Waals surface area contributed by atoms with Gasteiger partial charge in [0.25, 0.3) is 11.6 Å². The van der Waals surface area contributed by atoms with Gasteiger partial charge in [0.1, 0.15) is 5.71 Å². The van der Waals surface area contributed by atoms with Crippen LogP contribution in [0, 0.1) is 10.1 Å². The summed E-state index contributed by atoms with van der Waals surface area (Å²) in [5.41, 5.74) is 3.42. The highest BCUT2D eigenvalue weighted by Crippen LogP contribution is 2.33. The van der Waals surface area contributed by atoms with E-state index < -0.39 is 16.9 Å². The number of hydrogen-bond donors (Lipinski definition) is 2. The summed E-state index contributed by atoms with van der Waals surface area (Å²) in [6.45, 7) is 0. The number of benzene rings is 3. The van der Waals surface area contributed by atoms with Crippen molar-refractivity contribution in [2.24, 2.45) is 9.98 Å². The summed E-state index contributed by atoms with van der Waals surface area (Å²) in [6, 6.07) is 20.0. The third-order valence-corrected chi connectivity index (χ3v) is 5.88. The quantitative estimate of drug-likeness (QED) is 0.236. The monoisotopic (exact) mass is 481 g/mol. The van der Waals surface area contributed by atoms with Crippen LogP contribution in [0.25, 0.3) is 10.9 Å². The standard InChI is InChI=1S/C26H19N5O5/c1-30-25(33)21(29-26(30)34)13-15-7-9-17(10-8-15)27-23(16-5-3-2-4-6-16)22-19-14-18(31(35)36)11-12-20(19)28-24(22)32/h2-12,14,28,32H,13H2,1H3. The maximum atomic E-state index is 12.1. The second kappa shape index (κ2) is 8.91. The van der Waals surface area contributed by atoms with Crippen molar-refractivity contribution < 1.29 is 19.6 Å². The molecule has 5 rings (SSSR count). The second-order valence-corrected chi connectivity index (χ2v) is 8.21. The highest BCUT2D eigenvalue weighted by molar-refractivity contribution is 6.46. The number of imide groups is 1. The molecule has 0 atom stereocenters. The smallest absolute Gasteiger partial charge is 0.350 e. The first-order valence-electron chi connectivity index (χ1n) is 10.9. The van der Waals surface area contributed by atoms with Crippen LogP contribution in [0.1, 0.15) is 16.7 Å². The van der Waals surface area contributed by atoms with E-state index in [2.05, 4.69) is 9.98 Å². The minimum Gasteiger partial charge on any atom is -0.494 e. The van der Waals surface area contributed by atoms with Gasteiger partial charge in [-0.3, -0.25) is 19.8 Å². The Morgan fingerprint density at radius 2 is 1.81 bits per heavy atom. The number of urea groups is 1. The Kier molecular flexibility index (Phi) is 5.61. The van der Waals surface area contributed by atoms with E-state index in [0.29, 0.717) is 33.4 Å². The molecule has 0 saturated heterocycles. The number of carbonyl (C=O) groups excluding carboxylic acids is 2. The van der Waals surface area contributed by atoms with Crippen molar-refractivity contribution in [2.75, 3.05) is 7.05 Å². The van der Waals surface area contributed by atoms with Gasteiger partial charge >= 0.3 is 6.03 Å². The lowest BCUT2D eigenvalue weighted by atomic mass is 10.0. The lowest BCUT2D eigenvalue weighted by Crippen LogP contribution is -2.29. The number of non-ortho nitro benzene ring substituents is 1. The van der Waals surface area contributed by atoms with E-state index in [0.717, 1.165) is 10.5 Å². The van der Waals surface area contributed by atoms with Crippen LogP contribution in [-0.4, -0.2) is 50.3 Å². The van der Waals surface area contributed by atoms with Crippen molar-refractivity contribution in [3.05, 3.63) is 99.6 Å². The topological polar surface area (TPSA) is 141 Å². The maximum Gasteiger partial charge on any atom is 0.350 e. The molecule has 0 spiro atoms. The average Bonchev–Trinajstić information content (AvgIpc) is 3.33. The predicted octanol–water partition coefficient (Wildman–Crippen LogP) is 4.53. The van der Waals surface area contributed by atoms with E-state index in [1.54, 1.807) is 30.3 Å². The second-order valence-electron chi connectivity index (χ2n) is 8.21. The Morgan fingerprint density at radius 3 is 2.44 bits per heavy atom. The number of nitrogens with zero attached hydrogens (tertiary/aromatic N) is 4. The molecule has 2 heterocycles. The molecule has 0 aliphatic carbocycles. The van der Waals surface area contributed by atoms with Crippen molar-refractivity contribution >= 4 is 45.6 Å². The maximum absolute atomic E-state index is 12.1. The Labute approximate surface area is 204 Å². The van der Waals surface area contributed by atoms with E-state index in [1.165, 1.54) is 19.2 Å². The predicted molar refractivity (Wildman–Crippen MR) is 134 cm³/mol. The lowest BCUT2D eigenvalue weighted by Gasteiger charge is -2.08. The highest BCUT2D eigenvalue weighted by atomic mass is 16.6. The summed E-state index contributed by atoms with van der Waals surface area (Å²) in [4.78, 5) is 47.0. The van der Waals surface area contributed by atoms with Crippen LogP contribution in [0.3, 0.4) is 0 Å². The third kappa shape index (κ3) is 4.11. The van der Waals surface area contributed by atoms with Gasteiger partial charge in [0.2, 0.25) is 0 Å². The number of amides is 3. The molecule has 3 amide bonds. The Morgan fingerprint density at radius 1 is 1.08 bits per heavy atom. The van der Waals surface area contributed by atoms with Gasteiger partial charge < -0.3 is 10.1 Å². The number of aromatic amines is 1. The van der Waals surface area contributed by atoms with Crippen molar-refractivity contribution in [1.82, 2.24) is 9.88 Å². The largest absolute Gasteiger partial charge is 0.494 e. The molecule has 1 aromatic heterocycles. The van der Waals surface area contributed by atoms with E-state index in [9.17, 15) is 24.8 Å². The first kappa shape index (κ1) is 22.7. The molecule has 10 heteroatoms. The van der Waals surface area contributed by atoms with Gasteiger partial charge in [-0.2, -0.15) is 4.99 Å². The zero-order valence-corrected chi connectivity index (χ0v) is 19.0. The molecule has 3 aromatic carbocycles. The van der Waals surface area contributed by atoms with Crippen LogP contribution < -0.4 is 0 Å². The SMILES string of the molecule is CN1C(=O)N=C(Cc2ccc(N=C(c3ccccc3)c3c(O)[nH]c4ccc([N+](=O)[O-])cc34)cc2)C1=O. The average molecular weight is 481 g/mol. The number of fused-ring (bicyclic) bond motifs is 1. The van der Waals surface area contributed by atoms with Crippen molar-refractivity contribution in [3.8, 4) is 5.88 Å². The summed E-state index contributed by atoms with van der Waals surface area (Å²) >= 11 is 0. The van der Waals surface area contributed by atoms with Crippen molar-refractivity contribution in [1.29, 1.82) is 0 Å². The Balaban J connectivity index is 1.56. The fourth-order valence-corrected chi connectivity index (χ4v) is 4.02. The third-order valence-electron chi connectivity index (χ3n) is 5.88. The van der Waals surface area contributed by atoms with Crippen LogP contribution in [0.2, 0.25) is 0 Å². The summed E-state index contributed by atoms with van der Waals surface area (Å²) in [6.07, 6.45) is 0.206. The molecule has 0 saturated carbocycles. The van der Waals surface area contributed by atoms with E-state index in [1.807, 2.05) is 30.3 Å². The zero-order chi connectivity index (χ0) is 25.4. The van der Waals surface area contributed by atoms with Gasteiger partial charge in [0.05, 0.1) is 21.9 Å². The number of H-pyrrole nitrogens is 1. The molecule has 2 N–H and O–H groups in total. The van der Waals surface area contributed by atoms with Gasteiger partial charge in [0.15, 0.2) is 5.88 Å². The molecular formula is C26H19N5O5. The molecule has 0 radical (unpaired) electrons. The number of nitrogens with one attached hydrogen (secondary N) is 1. The van der Waals surface area contributed by atoms with Gasteiger partial charge in [0, 0.05) is 42.1 Å². The molecule has 178 valence electrons. The Hall–Kier alpha value is -5.12. The summed E-state index contributed by atoms with van der Waals surface area (Å²) in [5, 5.41) is 22.6. The number of aromatic hydroxyl groups is 1. The van der Waals surface area contributed by atoms with Crippen molar-refractivity contribution in [2.45, 2.75) is 6.42 Å². The van der Waals surface area contributed by atoms with Gasteiger partial charge in [-0.25, -0.2) is 9.79 Å². The van der Waals surface area contributed by atoms with Crippen LogP contribution in [0.15, 0.2) is 82.8 Å². The van der Waals surface area contributed by atoms with E-state index in [-0.39, 0.29) is 23.7 Å². The molecule has 1 aliphatic heterocycles. The fourth-order valence-electron chi connectivity index (χ4n) is 4.02. The number of rotatable bonds is 6. The summed E-state index contributed by atoms with van der Waals surface area (Å²) < 4.78 is 0. The molecule has 36 heavy (non-hydrogen) atoms. The van der Waals surface area contributed by atoms with Crippen LogP contribution in [0.5, 0.6) is 5.88 Å². The minimum absolute atomic E-state index is 0.104. The molecule has 0 bridgehead atoms. The molecule has 1 aliphatic rings. The first-order chi connectivity index (χ1) is 17.3. The lowest BCUT2D eigenvalue weighted by molar-refractivity contribution is -0.384. The summed E-state index contributed by atoms with van der Waals surface area (Å²) in [5.74, 6) is -0.575. The van der Waals surface area contributed by atoms with Crippen LogP contribution in [-0.2, 0) is 11.2 Å². The molecule has 0 fully saturated rings. The molecule has 4 aromatic rings. The van der Waals surface area contributed by atoms with Gasteiger partial charge in [-0.1, -0.05) is 42.5 Å². The van der Waals surface area contributed by atoms with Gasteiger partial charge in [-0.05, 0) is 23.8 Å². The minimum atomic E-state index is -0.581. The van der Waals surface area contributed by atoms with Crippen LogP contribution in [0.4, 0.5) is 16.2 Å². The number of hydrogen-bond acceptors (Lipinski definition) is 6. The van der Waals surface area contributed by atoms with Crippen LogP contribution >= 0.6 is 0 Å². The number of aliphatic imine (C=N–C) groups is 2. The normalized spacial score (nSPS) is 14.0. The number of nitro benzene ring substituents is 1. The first-order valence-corrected chi connectivity index (χ1v) is 10.9. The molecular weight excluding hydrogens is 462 g/mol. The zero-order valence-electron chi connectivity index (χ0n) is 19.0. The number of carbonyl (C=O) groups is 2. The molecule has 0 unspecified atom stereocenters. The number of aromatic nitrogens is 1. The summed E-state index contributed by atoms with van der Waals surface area (Å²) in [7, 11) is 1.39. The highest BCUT2D eigenvalue weighted by Gasteiger charge is 2.29. The Bertz CT molecular complexity index is 1590. The fraction of sp³-hybridized carbons (Fsp3) is 0.0769. The van der Waals surface area contributed by atoms with E-state index in [4.69, 9.17) is 4.99 Å². The van der Waals surface area contributed by atoms with Gasteiger partial charge in [-0.15, -0.1) is 0 Å². The number of nitro groups is 1. The molecule has 10 nitrogen and oxygen atoms in total.